The molecule has 12 N–H and O–H groups in total. The van der Waals surface area contributed by atoms with Crippen LogP contribution in [-0.2, 0) is 54.3 Å². The Balaban J connectivity index is 2.23. The molecule has 0 radical (unpaired) electrons. The summed E-state index contributed by atoms with van der Waals surface area (Å²) < 4.78 is 5.81. The lowest BCUT2D eigenvalue weighted by Crippen LogP contribution is -2.65. The minimum absolute atomic E-state index is 0.00409. The van der Waals surface area contributed by atoms with Gasteiger partial charge < -0.3 is 67.9 Å². The summed E-state index contributed by atoms with van der Waals surface area (Å²) in [5.41, 5.74) is 11.5. The molecule has 23 heteroatoms. The number of likely N-dealkylation sites (N-methyl/N-ethyl adjacent to an activating group) is 1. The fourth-order valence-corrected chi connectivity index (χ4v) is 8.04. The molecule has 0 aromatic heterocycles. The number of fused-ring (bicyclic) bond motifs is 2. The molecule has 2 aliphatic rings. The number of phenolic OH excluding ortho intramolecular Hbond substituents is 1. The third kappa shape index (κ3) is 17.2. The van der Waals surface area contributed by atoms with Crippen molar-refractivity contribution in [3.8, 4) is 5.75 Å². The largest absolute Gasteiger partial charge is 0.508 e. The molecule has 23 nitrogen and oxygen atoms in total. The van der Waals surface area contributed by atoms with Gasteiger partial charge in [0, 0.05) is 26.4 Å². The number of phenols is 1. The van der Waals surface area contributed by atoms with E-state index in [0.717, 1.165) is 16.2 Å². The lowest BCUT2D eigenvalue weighted by Gasteiger charge is -2.43. The van der Waals surface area contributed by atoms with E-state index in [0.29, 0.717) is 18.4 Å². The molecule has 69 heavy (non-hydrogen) atoms. The number of aliphatic imine (C=N–C) groups is 1. The van der Waals surface area contributed by atoms with Crippen molar-refractivity contribution in [1.29, 1.82) is 0 Å². The molecule has 2 bridgehead atoms. The number of carboxylic acids is 1. The summed E-state index contributed by atoms with van der Waals surface area (Å²) in [6.07, 6.45) is -2.47. The molecule has 0 saturated carbocycles. The maximum atomic E-state index is 14.8. The predicted molar refractivity (Wildman–Crippen MR) is 250 cm³/mol. The van der Waals surface area contributed by atoms with E-state index in [2.05, 4.69) is 31.6 Å². The fraction of sp³-hybridized carbons (Fsp3) is 0.652. The predicted octanol–water partition coefficient (Wildman–Crippen LogP) is -0.749. The van der Waals surface area contributed by atoms with Gasteiger partial charge in [0.05, 0.1) is 6.42 Å². The SMILES string of the molecule is CCCCCC(=O)N[C@@H](CC(=O)O)C(=O)N[C@@H]1C(=O)N[C@@H](CCCN=C(N)N)C(=O)N[C@H]2CC[C@@H](O)N(C2=O)[C@@H](CC(C)C)C(=O)N(C)[C@@H](Cc2ccc(O)cc2)C(=O)N[C@@H](C(C)C)C(=O)O[C@@H]1C. The van der Waals surface area contributed by atoms with Crippen LogP contribution in [0.15, 0.2) is 29.3 Å². The van der Waals surface area contributed by atoms with Crippen LogP contribution < -0.4 is 38.1 Å². The number of nitrogens with two attached hydrogens (primary N) is 2. The number of nitrogens with one attached hydrogen (secondary N) is 5. The van der Waals surface area contributed by atoms with Gasteiger partial charge >= 0.3 is 11.9 Å². The number of esters is 1. The van der Waals surface area contributed by atoms with Crippen LogP contribution in [0.25, 0.3) is 0 Å². The summed E-state index contributed by atoms with van der Waals surface area (Å²) in [6, 6.07) is -4.74. The van der Waals surface area contributed by atoms with E-state index in [9.17, 15) is 58.5 Å². The number of rotatable bonds is 18. The smallest absolute Gasteiger partial charge is 0.329 e. The van der Waals surface area contributed by atoms with Crippen LogP contribution in [0, 0.1) is 11.8 Å². The molecule has 2 aliphatic heterocycles. The highest BCUT2D eigenvalue weighted by molar-refractivity contribution is 5.98. The normalized spacial score (nSPS) is 24.7. The summed E-state index contributed by atoms with van der Waals surface area (Å²) in [5, 5.41) is 43.8. The number of piperidine rings is 1. The number of unbranched alkanes of at least 4 members (excludes halogenated alkanes) is 2. The lowest BCUT2D eigenvalue weighted by atomic mass is 9.94. The van der Waals surface area contributed by atoms with Crippen LogP contribution in [0.1, 0.15) is 111 Å². The highest BCUT2D eigenvalue weighted by Gasteiger charge is 2.46. The maximum absolute atomic E-state index is 14.8. The number of cyclic esters (lactones) is 1. The summed E-state index contributed by atoms with van der Waals surface area (Å²) in [4.78, 5) is 131. The fourth-order valence-electron chi connectivity index (χ4n) is 8.04. The van der Waals surface area contributed by atoms with Crippen molar-refractivity contribution in [3.63, 3.8) is 0 Å². The maximum Gasteiger partial charge on any atom is 0.329 e. The molecule has 2 fully saturated rings. The van der Waals surface area contributed by atoms with Crippen molar-refractivity contribution in [3.05, 3.63) is 29.8 Å². The highest BCUT2D eigenvalue weighted by Crippen LogP contribution is 2.26. The number of guanidine groups is 1. The number of carboxylic acid groups (broad SMARTS) is 1. The number of hydrogen-bond acceptors (Lipinski definition) is 13. The second-order valence-corrected chi connectivity index (χ2v) is 18.4. The molecule has 384 valence electrons. The van der Waals surface area contributed by atoms with Gasteiger partial charge in [-0.2, -0.15) is 0 Å². The Kier molecular flexibility index (Phi) is 22.1. The number of benzene rings is 1. The summed E-state index contributed by atoms with van der Waals surface area (Å²) >= 11 is 0. The molecule has 2 heterocycles. The highest BCUT2D eigenvalue weighted by atomic mass is 16.5. The third-order valence-electron chi connectivity index (χ3n) is 11.9. The van der Waals surface area contributed by atoms with E-state index in [1.165, 1.54) is 38.2 Å². The Labute approximate surface area is 402 Å². The monoisotopic (exact) mass is 973 g/mol. The van der Waals surface area contributed by atoms with Gasteiger partial charge in [-0.1, -0.05) is 59.6 Å². The van der Waals surface area contributed by atoms with Gasteiger partial charge in [0.2, 0.25) is 41.4 Å². The van der Waals surface area contributed by atoms with E-state index < -0.39 is 120 Å². The number of carbonyl (C=O) groups excluding carboxylic acids is 8. The average Bonchev–Trinajstić information content (AvgIpc) is 3.26. The van der Waals surface area contributed by atoms with E-state index in [1.807, 2.05) is 6.92 Å². The van der Waals surface area contributed by atoms with Gasteiger partial charge in [0.1, 0.15) is 60.4 Å². The molecule has 0 aliphatic carbocycles. The van der Waals surface area contributed by atoms with Crippen molar-refractivity contribution in [2.75, 3.05) is 13.6 Å². The van der Waals surface area contributed by atoms with Gasteiger partial charge in [-0.3, -0.25) is 43.3 Å². The second kappa shape index (κ2) is 26.9. The zero-order valence-electron chi connectivity index (χ0n) is 40.6. The molecule has 3 rings (SSSR count). The van der Waals surface area contributed by atoms with Crippen LogP contribution in [0.4, 0.5) is 0 Å². The van der Waals surface area contributed by atoms with E-state index >= 15 is 0 Å². The van der Waals surface area contributed by atoms with Crippen molar-refractivity contribution < 1.29 is 63.2 Å². The zero-order chi connectivity index (χ0) is 51.7. The number of nitrogens with zero attached hydrogens (tertiary/aromatic N) is 3. The average molecular weight is 973 g/mol. The molecule has 0 unspecified atom stereocenters. The number of aromatic hydroxyl groups is 1. The number of aliphatic hydroxyl groups is 1. The van der Waals surface area contributed by atoms with Crippen LogP contribution in [0.2, 0.25) is 0 Å². The van der Waals surface area contributed by atoms with Crippen LogP contribution in [-0.4, -0.2) is 153 Å². The van der Waals surface area contributed by atoms with Crippen LogP contribution in [0.5, 0.6) is 5.75 Å². The molecule has 0 spiro atoms. The van der Waals surface area contributed by atoms with E-state index in [4.69, 9.17) is 16.2 Å². The number of carbonyl (C=O) groups is 9. The molecule has 7 amide bonds. The molecule has 2 saturated heterocycles. The first-order chi connectivity index (χ1) is 32.4. The zero-order valence-corrected chi connectivity index (χ0v) is 40.6. The van der Waals surface area contributed by atoms with Gasteiger partial charge in [0.25, 0.3) is 0 Å². The topological polar surface area (TPSA) is 355 Å². The Hall–Kier alpha value is -6.52. The summed E-state index contributed by atoms with van der Waals surface area (Å²) in [6.45, 7) is 9.92. The lowest BCUT2D eigenvalue weighted by molar-refractivity contribution is -0.166. The van der Waals surface area contributed by atoms with Crippen LogP contribution >= 0.6 is 0 Å². The van der Waals surface area contributed by atoms with Crippen LogP contribution in [0.3, 0.4) is 0 Å². The van der Waals surface area contributed by atoms with Gasteiger partial charge in [-0.25, -0.2) is 4.79 Å². The number of ether oxygens (including phenoxy) is 1. The van der Waals surface area contributed by atoms with Crippen molar-refractivity contribution in [1.82, 2.24) is 36.4 Å². The first-order valence-electron chi connectivity index (χ1n) is 23.5. The Morgan fingerprint density at radius 3 is 2.16 bits per heavy atom. The minimum Gasteiger partial charge on any atom is -0.508 e. The van der Waals surface area contributed by atoms with E-state index in [1.54, 1.807) is 27.7 Å². The second-order valence-electron chi connectivity index (χ2n) is 18.4. The van der Waals surface area contributed by atoms with Gasteiger partial charge in [-0.05, 0) is 75.0 Å². The molecular formula is C46H72N10O13. The molecule has 1 aromatic carbocycles. The standard InChI is InChI=1S/C46H72N10O13/c1-8-9-10-13-34(58)50-31(23-36(60)61)40(63)54-38-26(6)69-45(68)37(25(4)5)53-41(64)32(22-27-14-16-28(57)17-15-27)55(7)44(67)33(21-24(2)3)56-35(59)19-18-30(43(56)66)52-39(62)29(51-42(38)65)12-11-20-49-46(47)48/h14-17,24-26,29-33,35,37-38,57,59H,8-13,18-23H2,1-7H3,(H,50,58)(H,51,65)(H,52,62)(H,53,64)(H,54,63)(H,60,61)(H4,47,48,49)/t26-,29+,30+,31+,32+,33+,35-,37+,38+/m1/s1. The number of aliphatic carboxylic acids is 1. The first-order valence-corrected chi connectivity index (χ1v) is 23.5. The molecular weight excluding hydrogens is 901 g/mol. The van der Waals surface area contributed by atoms with Crippen molar-refractivity contribution >= 4 is 59.2 Å². The number of hydrogen-bond donors (Lipinski definition) is 10. The Morgan fingerprint density at radius 1 is 0.899 bits per heavy atom. The molecule has 1 aromatic rings. The molecule has 9 atom stereocenters. The summed E-state index contributed by atoms with van der Waals surface area (Å²) in [5.74, 6) is -9.97. The Bertz CT molecular complexity index is 2010. The summed E-state index contributed by atoms with van der Waals surface area (Å²) in [7, 11) is 1.34. The van der Waals surface area contributed by atoms with Gasteiger partial charge in [0.15, 0.2) is 5.96 Å². The number of amides is 7. The first kappa shape index (κ1) is 56.8. The number of aliphatic hydroxyl groups excluding tert-OH is 1. The van der Waals surface area contributed by atoms with Crippen molar-refractivity contribution in [2.45, 2.75) is 167 Å². The third-order valence-corrected chi connectivity index (χ3v) is 11.9. The van der Waals surface area contributed by atoms with Gasteiger partial charge in [-0.15, -0.1) is 0 Å². The van der Waals surface area contributed by atoms with E-state index in [-0.39, 0.29) is 69.1 Å². The van der Waals surface area contributed by atoms with Crippen molar-refractivity contribution in [2.24, 2.45) is 28.3 Å². The Morgan fingerprint density at radius 2 is 1.57 bits per heavy atom. The minimum atomic E-state index is -1.88. The quantitative estimate of drug-likeness (QED) is 0.0375.